The quantitative estimate of drug-likeness (QED) is 0.791. The van der Waals surface area contributed by atoms with Crippen LogP contribution in [-0.2, 0) is 11.3 Å². The molecule has 108 valence electrons. The number of H-pyrrole nitrogens is 1. The van der Waals surface area contributed by atoms with Gasteiger partial charge >= 0.3 is 0 Å². The zero-order valence-electron chi connectivity index (χ0n) is 11.2. The van der Waals surface area contributed by atoms with Crippen molar-refractivity contribution in [2.45, 2.75) is 13.5 Å². The zero-order chi connectivity index (χ0) is 13.8. The third-order valence-electron chi connectivity index (χ3n) is 3.09. The molecule has 0 bridgehead atoms. The molecule has 4 N–H and O–H groups in total. The Morgan fingerprint density at radius 3 is 2.80 bits per heavy atom. The van der Waals surface area contributed by atoms with Crippen LogP contribution in [0.5, 0.6) is 0 Å². The predicted molar refractivity (Wildman–Crippen MR) is 81.9 cm³/mol. The lowest BCUT2D eigenvalue weighted by atomic mass is 10.1. The number of nitrogens with one attached hydrogen (secondary N) is 2. The van der Waals surface area contributed by atoms with Crippen LogP contribution in [0.3, 0.4) is 0 Å². The first-order valence-corrected chi connectivity index (χ1v) is 6.20. The van der Waals surface area contributed by atoms with Gasteiger partial charge in [0.05, 0.1) is 0 Å². The maximum atomic E-state index is 11.7. The summed E-state index contributed by atoms with van der Waals surface area (Å²) >= 11 is 0. The molecule has 2 aromatic rings. The van der Waals surface area contributed by atoms with Crippen LogP contribution in [-0.4, -0.2) is 17.4 Å². The van der Waals surface area contributed by atoms with Gasteiger partial charge in [-0.15, -0.1) is 12.4 Å². The highest BCUT2D eigenvalue weighted by molar-refractivity contribution is 5.85. The normalized spacial score (nSPS) is 11.7. The average molecular weight is 296 g/mol. The Labute approximate surface area is 123 Å². The van der Waals surface area contributed by atoms with Gasteiger partial charge in [0.1, 0.15) is 0 Å². The summed E-state index contributed by atoms with van der Waals surface area (Å²) in [7, 11) is 0. The van der Waals surface area contributed by atoms with Crippen molar-refractivity contribution in [3.8, 4) is 0 Å². The monoisotopic (exact) mass is 295 g/mol. The highest BCUT2D eigenvalue weighted by Crippen LogP contribution is 2.14. The fourth-order valence-electron chi connectivity index (χ4n) is 1.89. The van der Waals surface area contributed by atoms with E-state index in [9.17, 15) is 9.59 Å². The third-order valence-corrected chi connectivity index (χ3v) is 3.09. The van der Waals surface area contributed by atoms with Crippen molar-refractivity contribution in [2.24, 2.45) is 11.7 Å². The van der Waals surface area contributed by atoms with E-state index in [2.05, 4.69) is 10.3 Å². The summed E-state index contributed by atoms with van der Waals surface area (Å²) in [4.78, 5) is 26.0. The Morgan fingerprint density at radius 1 is 1.40 bits per heavy atom. The smallest absolute Gasteiger partial charge is 0.248 e. The second kappa shape index (κ2) is 7.07. The molecule has 0 aliphatic heterocycles. The van der Waals surface area contributed by atoms with Crippen LogP contribution >= 0.6 is 12.4 Å². The van der Waals surface area contributed by atoms with Gasteiger partial charge in [-0.25, -0.2) is 0 Å². The Morgan fingerprint density at radius 2 is 2.10 bits per heavy atom. The van der Waals surface area contributed by atoms with Crippen molar-refractivity contribution in [2.75, 3.05) is 6.54 Å². The highest BCUT2D eigenvalue weighted by Gasteiger charge is 2.11. The molecule has 20 heavy (non-hydrogen) atoms. The Balaban J connectivity index is 0.00000200. The van der Waals surface area contributed by atoms with E-state index in [1.165, 1.54) is 6.07 Å². The molecule has 1 amide bonds. The molecule has 0 saturated carbocycles. The molecule has 0 fully saturated rings. The number of hydrogen-bond donors (Lipinski definition) is 3. The van der Waals surface area contributed by atoms with Crippen LogP contribution < -0.4 is 16.6 Å². The molecule has 1 aromatic carbocycles. The van der Waals surface area contributed by atoms with Gasteiger partial charge < -0.3 is 16.0 Å². The number of aromatic nitrogens is 1. The van der Waals surface area contributed by atoms with Crippen molar-refractivity contribution in [1.29, 1.82) is 0 Å². The van der Waals surface area contributed by atoms with Crippen LogP contribution in [0.25, 0.3) is 10.9 Å². The van der Waals surface area contributed by atoms with E-state index in [1.54, 1.807) is 6.92 Å². The second-order valence-corrected chi connectivity index (χ2v) is 4.56. The molecule has 1 unspecified atom stereocenters. The van der Waals surface area contributed by atoms with Gasteiger partial charge in [0.15, 0.2) is 0 Å². The predicted octanol–water partition coefficient (Wildman–Crippen LogP) is 1.16. The van der Waals surface area contributed by atoms with Crippen molar-refractivity contribution in [3.05, 3.63) is 46.2 Å². The van der Waals surface area contributed by atoms with Gasteiger partial charge in [0.2, 0.25) is 11.5 Å². The zero-order valence-corrected chi connectivity index (χ0v) is 12.0. The number of hydrogen-bond acceptors (Lipinski definition) is 3. The van der Waals surface area contributed by atoms with Gasteiger partial charge in [-0.2, -0.15) is 0 Å². The number of nitrogens with two attached hydrogens (primary N) is 1. The van der Waals surface area contributed by atoms with Gasteiger partial charge in [0.25, 0.3) is 0 Å². The number of fused-ring (bicyclic) bond motifs is 1. The minimum absolute atomic E-state index is 0. The lowest BCUT2D eigenvalue weighted by molar-refractivity contribution is -0.124. The second-order valence-electron chi connectivity index (χ2n) is 4.56. The van der Waals surface area contributed by atoms with Crippen molar-refractivity contribution in [1.82, 2.24) is 10.3 Å². The largest absolute Gasteiger partial charge is 0.352 e. The summed E-state index contributed by atoms with van der Waals surface area (Å²) < 4.78 is 0. The fourth-order valence-corrected chi connectivity index (χ4v) is 1.89. The Kier molecular flexibility index (Phi) is 5.73. The molecule has 0 radical (unpaired) electrons. The number of amides is 1. The lowest BCUT2D eigenvalue weighted by Gasteiger charge is -2.11. The maximum absolute atomic E-state index is 11.7. The number of benzene rings is 1. The SMILES string of the molecule is CC(CN)C(=O)NCc1cc(=O)[nH]c2ccccc12.Cl. The molecule has 0 aliphatic rings. The molecule has 1 aromatic heterocycles. The summed E-state index contributed by atoms with van der Waals surface area (Å²) in [5.74, 6) is -0.333. The maximum Gasteiger partial charge on any atom is 0.248 e. The first-order chi connectivity index (χ1) is 9.11. The molecule has 1 heterocycles. The summed E-state index contributed by atoms with van der Waals surface area (Å²) in [6.07, 6.45) is 0. The number of rotatable bonds is 4. The summed E-state index contributed by atoms with van der Waals surface area (Å²) in [5.41, 5.74) is 6.84. The van der Waals surface area contributed by atoms with E-state index in [0.29, 0.717) is 13.1 Å². The topological polar surface area (TPSA) is 88.0 Å². The van der Waals surface area contributed by atoms with E-state index < -0.39 is 0 Å². The standard InChI is InChI=1S/C14H17N3O2.ClH/c1-9(7-15)14(19)16-8-10-6-13(18)17-12-5-3-2-4-11(10)12;/h2-6,9H,7-8,15H2,1H3,(H,16,19)(H,17,18);1H. The first-order valence-electron chi connectivity index (χ1n) is 6.20. The van der Waals surface area contributed by atoms with Gasteiger partial charge in [-0.3, -0.25) is 9.59 Å². The summed E-state index contributed by atoms with van der Waals surface area (Å²) in [6, 6.07) is 9.02. The first kappa shape index (κ1) is 16.2. The lowest BCUT2D eigenvalue weighted by Crippen LogP contribution is -2.33. The van der Waals surface area contributed by atoms with E-state index in [4.69, 9.17) is 5.73 Å². The molecule has 0 spiro atoms. The summed E-state index contributed by atoms with van der Waals surface area (Å²) in [6.45, 7) is 2.40. The minimum atomic E-state index is -0.228. The van der Waals surface area contributed by atoms with Crippen molar-refractivity contribution >= 4 is 29.2 Å². The van der Waals surface area contributed by atoms with E-state index in [-0.39, 0.29) is 29.8 Å². The minimum Gasteiger partial charge on any atom is -0.352 e. The van der Waals surface area contributed by atoms with Crippen LogP contribution in [0.2, 0.25) is 0 Å². The summed E-state index contributed by atoms with van der Waals surface area (Å²) in [5, 5.41) is 3.73. The molecular formula is C14H18ClN3O2. The molecule has 0 aliphatic carbocycles. The molecule has 2 rings (SSSR count). The number of carbonyl (C=O) groups excluding carboxylic acids is 1. The number of aromatic amines is 1. The van der Waals surface area contributed by atoms with E-state index in [0.717, 1.165) is 16.5 Å². The molecular weight excluding hydrogens is 278 g/mol. The van der Waals surface area contributed by atoms with Crippen molar-refractivity contribution < 1.29 is 4.79 Å². The molecule has 0 saturated heterocycles. The van der Waals surface area contributed by atoms with Gasteiger partial charge in [0, 0.05) is 36.0 Å². The molecule has 6 heteroatoms. The van der Waals surface area contributed by atoms with Crippen LogP contribution in [0.15, 0.2) is 35.1 Å². The highest BCUT2D eigenvalue weighted by atomic mass is 35.5. The number of pyridine rings is 1. The Hall–Kier alpha value is -1.85. The molecule has 1 atom stereocenters. The fraction of sp³-hybridized carbons (Fsp3) is 0.286. The van der Waals surface area contributed by atoms with Gasteiger partial charge in [-0.1, -0.05) is 25.1 Å². The third kappa shape index (κ3) is 3.59. The van der Waals surface area contributed by atoms with Crippen molar-refractivity contribution in [3.63, 3.8) is 0 Å². The Bertz CT molecular complexity index is 654. The number of para-hydroxylation sites is 1. The van der Waals surface area contributed by atoms with E-state index in [1.807, 2.05) is 24.3 Å². The van der Waals surface area contributed by atoms with Crippen LogP contribution in [0.1, 0.15) is 12.5 Å². The molecule has 5 nitrogen and oxygen atoms in total. The average Bonchev–Trinajstić information content (AvgIpc) is 2.43. The van der Waals surface area contributed by atoms with Crippen LogP contribution in [0, 0.1) is 5.92 Å². The van der Waals surface area contributed by atoms with Gasteiger partial charge in [-0.05, 0) is 11.6 Å². The number of halogens is 1. The van der Waals surface area contributed by atoms with E-state index >= 15 is 0 Å². The number of carbonyl (C=O) groups is 1. The van der Waals surface area contributed by atoms with Crippen LogP contribution in [0.4, 0.5) is 0 Å².